The molecule has 8 nitrogen and oxygen atoms in total. The van der Waals surface area contributed by atoms with Crippen molar-refractivity contribution in [1.29, 1.82) is 0 Å². The van der Waals surface area contributed by atoms with Crippen molar-refractivity contribution in [3.63, 3.8) is 0 Å². The lowest BCUT2D eigenvalue weighted by molar-refractivity contribution is -0.115. The number of aromatic nitrogens is 3. The Bertz CT molecular complexity index is 1150. The first kappa shape index (κ1) is 21.0. The molecule has 2 aliphatic heterocycles. The Morgan fingerprint density at radius 1 is 1.12 bits per heavy atom. The summed E-state index contributed by atoms with van der Waals surface area (Å²) in [6, 6.07) is 12.9. The highest BCUT2D eigenvalue weighted by atomic mass is 35.5. The lowest BCUT2D eigenvalue weighted by atomic mass is 10.2. The summed E-state index contributed by atoms with van der Waals surface area (Å²) in [6.07, 6.45) is 2.23. The molecule has 3 aromatic rings. The first-order valence-corrected chi connectivity index (χ1v) is 11.7. The standard InChI is InChI=1S/C22H22ClN5O3S/c1-14(20(29)24-15-8-9-18-19(12-15)31-13-30-18)32-22-26-25-21(27-10-4-5-11-27)28(22)17-7-3-2-6-16(17)23/h2-3,6-9,12,14H,4-5,10-11,13H2,1H3,(H,24,29). The first-order valence-electron chi connectivity index (χ1n) is 10.4. The van der Waals surface area contributed by atoms with E-state index in [0.29, 0.717) is 27.4 Å². The SMILES string of the molecule is CC(Sc1nnc(N2CCCC2)n1-c1ccccc1Cl)C(=O)Nc1ccc2c(c1)OCO2. The molecule has 0 aliphatic carbocycles. The molecule has 1 fully saturated rings. The highest BCUT2D eigenvalue weighted by Gasteiger charge is 2.26. The van der Waals surface area contributed by atoms with E-state index in [1.165, 1.54) is 11.8 Å². The third kappa shape index (κ3) is 4.10. The monoisotopic (exact) mass is 471 g/mol. The number of anilines is 2. The van der Waals surface area contributed by atoms with Crippen LogP contribution in [-0.4, -0.2) is 45.8 Å². The molecule has 1 saturated heterocycles. The lowest BCUT2D eigenvalue weighted by Gasteiger charge is -2.19. The number of hydrogen-bond donors (Lipinski definition) is 1. The second kappa shape index (κ2) is 8.91. The van der Waals surface area contributed by atoms with Gasteiger partial charge in [0, 0.05) is 24.8 Å². The summed E-state index contributed by atoms with van der Waals surface area (Å²) in [6.45, 7) is 3.88. The molecule has 1 amide bonds. The maximum atomic E-state index is 12.9. The summed E-state index contributed by atoms with van der Waals surface area (Å²) < 4.78 is 12.7. The minimum Gasteiger partial charge on any atom is -0.454 e. The van der Waals surface area contributed by atoms with Crippen LogP contribution in [0.2, 0.25) is 5.02 Å². The van der Waals surface area contributed by atoms with Gasteiger partial charge in [-0.2, -0.15) is 0 Å². The number of amides is 1. The largest absolute Gasteiger partial charge is 0.454 e. The summed E-state index contributed by atoms with van der Waals surface area (Å²) in [7, 11) is 0. The molecule has 3 heterocycles. The highest BCUT2D eigenvalue weighted by Crippen LogP contribution is 2.36. The van der Waals surface area contributed by atoms with Crippen LogP contribution in [0.15, 0.2) is 47.6 Å². The van der Waals surface area contributed by atoms with Gasteiger partial charge in [0.2, 0.25) is 18.6 Å². The highest BCUT2D eigenvalue weighted by molar-refractivity contribution is 8.00. The maximum Gasteiger partial charge on any atom is 0.237 e. The molecule has 32 heavy (non-hydrogen) atoms. The van der Waals surface area contributed by atoms with E-state index in [2.05, 4.69) is 20.4 Å². The van der Waals surface area contributed by atoms with E-state index in [4.69, 9.17) is 21.1 Å². The molecular formula is C22H22ClN5O3S. The van der Waals surface area contributed by atoms with E-state index in [1.807, 2.05) is 35.8 Å². The molecule has 2 aromatic carbocycles. The van der Waals surface area contributed by atoms with Crippen molar-refractivity contribution >= 4 is 40.9 Å². The summed E-state index contributed by atoms with van der Waals surface area (Å²) >= 11 is 7.86. The lowest BCUT2D eigenvalue weighted by Crippen LogP contribution is -2.24. The van der Waals surface area contributed by atoms with Gasteiger partial charge in [0.1, 0.15) is 0 Å². The molecule has 2 aliphatic rings. The van der Waals surface area contributed by atoms with Crippen molar-refractivity contribution in [2.24, 2.45) is 0 Å². The van der Waals surface area contributed by atoms with Gasteiger partial charge in [-0.15, -0.1) is 10.2 Å². The van der Waals surface area contributed by atoms with Gasteiger partial charge < -0.3 is 19.7 Å². The molecule has 5 rings (SSSR count). The van der Waals surface area contributed by atoms with Crippen molar-refractivity contribution in [2.75, 3.05) is 30.1 Å². The van der Waals surface area contributed by atoms with Crippen LogP contribution in [0.1, 0.15) is 19.8 Å². The van der Waals surface area contributed by atoms with Crippen molar-refractivity contribution in [3.05, 3.63) is 47.5 Å². The summed E-state index contributed by atoms with van der Waals surface area (Å²) in [5, 5.41) is 12.6. The van der Waals surface area contributed by atoms with Crippen molar-refractivity contribution in [2.45, 2.75) is 30.2 Å². The Balaban J connectivity index is 1.38. The molecule has 1 aromatic heterocycles. The second-order valence-electron chi connectivity index (χ2n) is 7.58. The molecule has 10 heteroatoms. The minimum atomic E-state index is -0.419. The van der Waals surface area contributed by atoms with E-state index < -0.39 is 5.25 Å². The molecule has 1 unspecified atom stereocenters. The van der Waals surface area contributed by atoms with Crippen LogP contribution in [-0.2, 0) is 4.79 Å². The van der Waals surface area contributed by atoms with Crippen LogP contribution >= 0.6 is 23.4 Å². The molecule has 0 saturated carbocycles. The topological polar surface area (TPSA) is 81.5 Å². The van der Waals surface area contributed by atoms with Crippen molar-refractivity contribution in [3.8, 4) is 17.2 Å². The van der Waals surface area contributed by atoms with Crippen LogP contribution < -0.4 is 19.7 Å². The summed E-state index contributed by atoms with van der Waals surface area (Å²) in [5.41, 5.74) is 1.45. The smallest absolute Gasteiger partial charge is 0.237 e. The first-order chi connectivity index (χ1) is 15.6. The average molecular weight is 472 g/mol. The van der Waals surface area contributed by atoms with Crippen LogP contribution in [0.25, 0.3) is 5.69 Å². The molecule has 0 radical (unpaired) electrons. The quantitative estimate of drug-likeness (QED) is 0.534. The fraction of sp³-hybridized carbons (Fsp3) is 0.318. The van der Waals surface area contributed by atoms with Gasteiger partial charge in [-0.25, -0.2) is 0 Å². The van der Waals surface area contributed by atoms with Crippen molar-refractivity contribution in [1.82, 2.24) is 14.8 Å². The van der Waals surface area contributed by atoms with Gasteiger partial charge >= 0.3 is 0 Å². The van der Waals surface area contributed by atoms with Crippen molar-refractivity contribution < 1.29 is 14.3 Å². The molecule has 1 N–H and O–H groups in total. The predicted molar refractivity (Wildman–Crippen MR) is 124 cm³/mol. The number of nitrogens with zero attached hydrogens (tertiary/aromatic N) is 4. The number of carbonyl (C=O) groups excluding carboxylic acids is 1. The molecular weight excluding hydrogens is 450 g/mol. The molecule has 166 valence electrons. The fourth-order valence-corrected chi connectivity index (χ4v) is 4.81. The Hall–Kier alpha value is -2.91. The van der Waals surface area contributed by atoms with Gasteiger partial charge in [0.25, 0.3) is 0 Å². The number of rotatable bonds is 6. The third-order valence-corrected chi connectivity index (χ3v) is 6.75. The number of ether oxygens (including phenoxy) is 2. The number of nitrogens with one attached hydrogen (secondary N) is 1. The third-order valence-electron chi connectivity index (χ3n) is 5.39. The van der Waals surface area contributed by atoms with Crippen LogP contribution in [0.5, 0.6) is 11.5 Å². The van der Waals surface area contributed by atoms with Gasteiger partial charge in [-0.05, 0) is 44.0 Å². The van der Waals surface area contributed by atoms with Gasteiger partial charge in [0.15, 0.2) is 16.7 Å². The van der Waals surface area contributed by atoms with E-state index >= 15 is 0 Å². The van der Waals surface area contributed by atoms with Gasteiger partial charge in [0.05, 0.1) is 16.0 Å². The maximum absolute atomic E-state index is 12.9. The van der Waals surface area contributed by atoms with E-state index in [1.54, 1.807) is 18.2 Å². The molecule has 0 spiro atoms. The zero-order valence-corrected chi connectivity index (χ0v) is 19.0. The number of halogens is 1. The Morgan fingerprint density at radius 3 is 2.72 bits per heavy atom. The van der Waals surface area contributed by atoms with Crippen LogP contribution in [0.3, 0.4) is 0 Å². The van der Waals surface area contributed by atoms with E-state index in [-0.39, 0.29) is 12.7 Å². The van der Waals surface area contributed by atoms with E-state index in [0.717, 1.165) is 37.6 Å². The van der Waals surface area contributed by atoms with E-state index in [9.17, 15) is 4.79 Å². The number of para-hydroxylation sites is 1. The number of thioether (sulfide) groups is 1. The Labute approximate surface area is 194 Å². The predicted octanol–water partition coefficient (Wildman–Crippen LogP) is 4.37. The van der Waals surface area contributed by atoms with Crippen LogP contribution in [0, 0.1) is 0 Å². The number of benzene rings is 2. The Morgan fingerprint density at radius 2 is 1.91 bits per heavy atom. The second-order valence-corrected chi connectivity index (χ2v) is 9.30. The number of carbonyl (C=O) groups is 1. The number of hydrogen-bond acceptors (Lipinski definition) is 7. The van der Waals surface area contributed by atoms with Crippen LogP contribution in [0.4, 0.5) is 11.6 Å². The normalized spacial score (nSPS) is 15.8. The van der Waals surface area contributed by atoms with Gasteiger partial charge in [-0.3, -0.25) is 9.36 Å². The fourth-order valence-electron chi connectivity index (χ4n) is 3.73. The summed E-state index contributed by atoms with van der Waals surface area (Å²) in [5.74, 6) is 1.90. The average Bonchev–Trinajstić information content (AvgIpc) is 3.54. The zero-order valence-electron chi connectivity index (χ0n) is 17.5. The number of fused-ring (bicyclic) bond motifs is 1. The molecule has 1 atom stereocenters. The zero-order chi connectivity index (χ0) is 22.1. The molecule has 0 bridgehead atoms. The Kier molecular flexibility index (Phi) is 5.84. The summed E-state index contributed by atoms with van der Waals surface area (Å²) in [4.78, 5) is 15.1. The minimum absolute atomic E-state index is 0.148. The van der Waals surface area contributed by atoms with Gasteiger partial charge in [-0.1, -0.05) is 35.5 Å².